The molecule has 1 aromatic rings. The average Bonchev–Trinajstić information content (AvgIpc) is 2.53. The van der Waals surface area contributed by atoms with Crippen LogP contribution in [0.3, 0.4) is 0 Å². The molecule has 0 bridgehead atoms. The van der Waals surface area contributed by atoms with Crippen molar-refractivity contribution in [1.29, 1.82) is 0 Å². The molecule has 24 heavy (non-hydrogen) atoms. The Morgan fingerprint density at radius 3 is 2.58 bits per heavy atom. The molecule has 134 valence electrons. The Morgan fingerprint density at radius 1 is 1.29 bits per heavy atom. The summed E-state index contributed by atoms with van der Waals surface area (Å²) in [4.78, 5) is 13.5. The van der Waals surface area contributed by atoms with Crippen LogP contribution in [0.25, 0.3) is 0 Å². The van der Waals surface area contributed by atoms with Crippen molar-refractivity contribution in [3.63, 3.8) is 0 Å². The maximum Gasteiger partial charge on any atom is 0.391 e. The first-order chi connectivity index (χ1) is 11.2. The van der Waals surface area contributed by atoms with Gasteiger partial charge in [-0.1, -0.05) is 6.42 Å². The lowest BCUT2D eigenvalue weighted by Gasteiger charge is -2.32. The van der Waals surface area contributed by atoms with Crippen LogP contribution in [0.4, 0.5) is 18.9 Å². The van der Waals surface area contributed by atoms with Crippen LogP contribution < -0.4 is 10.1 Å². The van der Waals surface area contributed by atoms with Gasteiger partial charge in [-0.2, -0.15) is 13.2 Å². The highest BCUT2D eigenvalue weighted by atomic mass is 19.4. The molecular weight excluding hydrogens is 321 g/mol. The highest BCUT2D eigenvalue weighted by Gasteiger charge is 2.42. The lowest BCUT2D eigenvalue weighted by Crippen LogP contribution is -2.34. The molecule has 2 atom stereocenters. The number of nitrogens with zero attached hydrogens (tertiary/aromatic N) is 1. The average molecular weight is 344 g/mol. The molecule has 1 N–H and O–H groups in total. The number of hydrogen-bond donors (Lipinski definition) is 1. The molecule has 0 spiro atoms. The molecule has 2 unspecified atom stereocenters. The summed E-state index contributed by atoms with van der Waals surface area (Å²) in [5, 5.41) is 3.14. The Labute approximate surface area is 140 Å². The second kappa shape index (κ2) is 7.32. The summed E-state index contributed by atoms with van der Waals surface area (Å²) in [7, 11) is 4.79. The van der Waals surface area contributed by atoms with E-state index in [2.05, 4.69) is 5.32 Å². The number of benzene rings is 1. The van der Waals surface area contributed by atoms with Crippen LogP contribution >= 0.6 is 0 Å². The van der Waals surface area contributed by atoms with E-state index in [0.717, 1.165) is 0 Å². The van der Waals surface area contributed by atoms with Gasteiger partial charge < -0.3 is 15.0 Å². The number of hydrogen-bond acceptors (Lipinski definition) is 3. The lowest BCUT2D eigenvalue weighted by molar-refractivity contribution is -0.182. The van der Waals surface area contributed by atoms with Crippen LogP contribution in [0.15, 0.2) is 18.2 Å². The fourth-order valence-corrected chi connectivity index (χ4v) is 3.05. The van der Waals surface area contributed by atoms with Gasteiger partial charge >= 0.3 is 6.18 Å². The van der Waals surface area contributed by atoms with Crippen molar-refractivity contribution in [2.75, 3.05) is 26.5 Å². The summed E-state index contributed by atoms with van der Waals surface area (Å²) < 4.78 is 44.1. The Hall–Kier alpha value is -1.92. The van der Waals surface area contributed by atoms with E-state index in [1.54, 1.807) is 32.3 Å². The van der Waals surface area contributed by atoms with Crippen LogP contribution in [-0.4, -0.2) is 44.2 Å². The fraction of sp³-hybridized carbons (Fsp3) is 0.588. The number of amides is 1. The van der Waals surface area contributed by atoms with E-state index in [-0.39, 0.29) is 24.8 Å². The topological polar surface area (TPSA) is 41.6 Å². The SMILES string of the molecule is COc1ccc(C(=O)N(C)C)cc1NC1CCCC(C(F)(F)F)C1. The molecule has 0 radical (unpaired) electrons. The first kappa shape index (κ1) is 18.4. The molecule has 7 heteroatoms. The Balaban J connectivity index is 2.18. The number of halogens is 3. The monoisotopic (exact) mass is 344 g/mol. The number of nitrogens with one attached hydrogen (secondary N) is 1. The number of rotatable bonds is 4. The van der Waals surface area contributed by atoms with E-state index in [1.165, 1.54) is 12.0 Å². The van der Waals surface area contributed by atoms with Gasteiger partial charge in [-0.25, -0.2) is 0 Å². The highest BCUT2D eigenvalue weighted by Crippen LogP contribution is 2.39. The maximum atomic E-state index is 13.0. The van der Waals surface area contributed by atoms with E-state index in [1.807, 2.05) is 0 Å². The number of methoxy groups -OCH3 is 1. The molecule has 0 saturated heterocycles. The predicted molar refractivity (Wildman–Crippen MR) is 86.4 cm³/mol. The third-order valence-corrected chi connectivity index (χ3v) is 4.35. The molecule has 1 aliphatic carbocycles. The second-order valence-corrected chi connectivity index (χ2v) is 6.36. The fourth-order valence-electron chi connectivity index (χ4n) is 3.05. The first-order valence-electron chi connectivity index (χ1n) is 7.95. The van der Waals surface area contributed by atoms with Crippen molar-refractivity contribution in [1.82, 2.24) is 4.90 Å². The zero-order valence-corrected chi connectivity index (χ0v) is 14.1. The van der Waals surface area contributed by atoms with Crippen LogP contribution in [0.2, 0.25) is 0 Å². The lowest BCUT2D eigenvalue weighted by atomic mass is 9.85. The number of alkyl halides is 3. The van der Waals surface area contributed by atoms with E-state index >= 15 is 0 Å². The van der Waals surface area contributed by atoms with Crippen molar-refractivity contribution >= 4 is 11.6 Å². The molecule has 1 saturated carbocycles. The molecule has 0 heterocycles. The quantitative estimate of drug-likeness (QED) is 0.900. The van der Waals surface area contributed by atoms with Crippen molar-refractivity contribution in [3.05, 3.63) is 23.8 Å². The number of ether oxygens (including phenoxy) is 1. The highest BCUT2D eigenvalue weighted by molar-refractivity contribution is 5.95. The molecule has 4 nitrogen and oxygen atoms in total. The largest absolute Gasteiger partial charge is 0.495 e. The minimum Gasteiger partial charge on any atom is -0.495 e. The van der Waals surface area contributed by atoms with Gasteiger partial charge in [-0.15, -0.1) is 0 Å². The summed E-state index contributed by atoms with van der Waals surface area (Å²) >= 11 is 0. The van der Waals surface area contributed by atoms with Crippen LogP contribution in [0, 0.1) is 5.92 Å². The van der Waals surface area contributed by atoms with Crippen molar-refractivity contribution in [3.8, 4) is 5.75 Å². The van der Waals surface area contributed by atoms with Crippen molar-refractivity contribution < 1.29 is 22.7 Å². The van der Waals surface area contributed by atoms with E-state index in [0.29, 0.717) is 29.8 Å². The van der Waals surface area contributed by atoms with Crippen LogP contribution in [0.1, 0.15) is 36.0 Å². The van der Waals surface area contributed by atoms with Crippen LogP contribution in [-0.2, 0) is 0 Å². The summed E-state index contributed by atoms with van der Waals surface area (Å²) in [6.45, 7) is 0. The minimum atomic E-state index is -4.16. The second-order valence-electron chi connectivity index (χ2n) is 6.36. The molecule has 1 aromatic carbocycles. The van der Waals surface area contributed by atoms with Gasteiger partial charge in [-0.05, 0) is 37.5 Å². The van der Waals surface area contributed by atoms with Gasteiger partial charge in [0.05, 0.1) is 18.7 Å². The number of anilines is 1. The van der Waals surface area contributed by atoms with Gasteiger partial charge in [0, 0.05) is 25.7 Å². The summed E-state index contributed by atoms with van der Waals surface area (Å²) in [6.07, 6.45) is -2.74. The molecule has 2 rings (SSSR count). The molecule has 1 aliphatic rings. The zero-order chi connectivity index (χ0) is 17.9. The van der Waals surface area contributed by atoms with Crippen LogP contribution in [0.5, 0.6) is 5.75 Å². The molecule has 0 aromatic heterocycles. The van der Waals surface area contributed by atoms with Crippen molar-refractivity contribution in [2.24, 2.45) is 5.92 Å². The normalized spacial score (nSPS) is 21.2. The van der Waals surface area contributed by atoms with Gasteiger partial charge in [0.2, 0.25) is 0 Å². The van der Waals surface area contributed by atoms with Gasteiger partial charge in [0.15, 0.2) is 0 Å². The number of carbonyl (C=O) groups is 1. The Morgan fingerprint density at radius 2 is 2.00 bits per heavy atom. The van der Waals surface area contributed by atoms with Gasteiger partial charge in [0.25, 0.3) is 5.91 Å². The van der Waals surface area contributed by atoms with Gasteiger partial charge in [0.1, 0.15) is 5.75 Å². The van der Waals surface area contributed by atoms with Gasteiger partial charge in [-0.3, -0.25) is 4.79 Å². The predicted octanol–water partition coefficient (Wildman–Crippen LogP) is 3.93. The standard InChI is InChI=1S/C17H23F3N2O2/c1-22(2)16(23)11-7-8-15(24-3)14(9-11)21-13-6-4-5-12(10-13)17(18,19)20/h7-9,12-13,21H,4-6,10H2,1-3H3. The summed E-state index contributed by atoms with van der Waals surface area (Å²) in [6, 6.07) is 4.65. The third kappa shape index (κ3) is 4.33. The van der Waals surface area contributed by atoms with E-state index in [9.17, 15) is 18.0 Å². The molecule has 1 fully saturated rings. The first-order valence-corrected chi connectivity index (χ1v) is 7.95. The third-order valence-electron chi connectivity index (χ3n) is 4.35. The van der Waals surface area contributed by atoms with Crippen molar-refractivity contribution in [2.45, 2.75) is 37.9 Å². The van der Waals surface area contributed by atoms with E-state index in [4.69, 9.17) is 4.74 Å². The zero-order valence-electron chi connectivity index (χ0n) is 14.1. The molecular formula is C17H23F3N2O2. The smallest absolute Gasteiger partial charge is 0.391 e. The maximum absolute atomic E-state index is 13.0. The van der Waals surface area contributed by atoms with E-state index < -0.39 is 12.1 Å². The Bertz CT molecular complexity index is 588. The minimum absolute atomic E-state index is 0.0402. The molecule has 1 amide bonds. The Kier molecular flexibility index (Phi) is 5.62. The number of carbonyl (C=O) groups excluding carboxylic acids is 1. The summed E-state index contributed by atoms with van der Waals surface area (Å²) in [5.41, 5.74) is 1.02. The molecule has 0 aliphatic heterocycles. The summed E-state index contributed by atoms with van der Waals surface area (Å²) in [5.74, 6) is -0.932.